The maximum atomic E-state index is 6.22. The van der Waals surface area contributed by atoms with E-state index >= 15 is 0 Å². The minimum Gasteiger partial charge on any atom is -0.271 e. The lowest BCUT2D eigenvalue weighted by atomic mass is 9.99. The predicted octanol–water partition coefficient (Wildman–Crippen LogP) is 3.59. The maximum Gasteiger partial charge on any atom is 0.0494 e. The zero-order chi connectivity index (χ0) is 12.7. The largest absolute Gasteiger partial charge is 0.271 e. The van der Waals surface area contributed by atoms with Crippen molar-refractivity contribution < 1.29 is 0 Å². The summed E-state index contributed by atoms with van der Waals surface area (Å²) in [5.74, 6) is 8.29. The summed E-state index contributed by atoms with van der Waals surface area (Å²) in [6.07, 6.45) is 5.55. The van der Waals surface area contributed by atoms with E-state index in [1.807, 2.05) is 6.92 Å². The van der Waals surface area contributed by atoms with Gasteiger partial charge in [-0.2, -0.15) is 0 Å². The first kappa shape index (κ1) is 12.5. The van der Waals surface area contributed by atoms with Crippen molar-refractivity contribution in [3.8, 4) is 0 Å². The van der Waals surface area contributed by atoms with Gasteiger partial charge in [-0.15, -0.1) is 0 Å². The first-order chi connectivity index (χ1) is 8.72. The Morgan fingerprint density at radius 2 is 1.94 bits per heavy atom. The average Bonchev–Trinajstić information content (AvgIpc) is 3.09. The van der Waals surface area contributed by atoms with Crippen LogP contribution in [0.3, 0.4) is 0 Å². The van der Waals surface area contributed by atoms with Crippen molar-refractivity contribution in [2.24, 2.45) is 23.6 Å². The first-order valence-electron chi connectivity index (χ1n) is 6.94. The summed E-state index contributed by atoms with van der Waals surface area (Å²) in [5.41, 5.74) is 5.40. The molecule has 0 radical (unpaired) electrons. The van der Waals surface area contributed by atoms with E-state index < -0.39 is 0 Å². The fourth-order valence-electron chi connectivity index (χ4n) is 3.77. The first-order valence-corrected chi connectivity index (χ1v) is 7.32. The van der Waals surface area contributed by atoms with E-state index in [-0.39, 0.29) is 6.04 Å². The molecule has 2 saturated carbocycles. The van der Waals surface area contributed by atoms with E-state index in [9.17, 15) is 0 Å². The molecule has 0 aliphatic heterocycles. The lowest BCUT2D eigenvalue weighted by Gasteiger charge is -2.17. The van der Waals surface area contributed by atoms with E-state index in [4.69, 9.17) is 17.4 Å². The second kappa shape index (κ2) is 4.84. The lowest BCUT2D eigenvalue weighted by Crippen LogP contribution is -2.30. The smallest absolute Gasteiger partial charge is 0.0494 e. The molecule has 2 fully saturated rings. The molecule has 2 aliphatic carbocycles. The molecule has 18 heavy (non-hydrogen) atoms. The molecule has 3 rings (SSSR count). The van der Waals surface area contributed by atoms with Crippen LogP contribution in [0.15, 0.2) is 18.2 Å². The highest BCUT2D eigenvalue weighted by Gasteiger charge is 2.54. The molecule has 0 amide bonds. The Morgan fingerprint density at radius 1 is 1.28 bits per heavy atom. The monoisotopic (exact) mass is 264 g/mol. The van der Waals surface area contributed by atoms with Crippen molar-refractivity contribution >= 4 is 11.6 Å². The summed E-state index contributed by atoms with van der Waals surface area (Å²) in [6, 6.07) is 6.60. The minimum absolute atomic E-state index is 0.274. The van der Waals surface area contributed by atoms with Crippen LogP contribution in [0.25, 0.3) is 0 Å². The third kappa shape index (κ3) is 2.07. The Morgan fingerprint density at radius 3 is 2.50 bits per heavy atom. The molecule has 0 bridgehead atoms. The fraction of sp³-hybridized carbons (Fsp3) is 0.600. The molecule has 3 heteroatoms. The van der Waals surface area contributed by atoms with Crippen LogP contribution in [0.1, 0.15) is 42.9 Å². The Hall–Kier alpha value is -0.570. The van der Waals surface area contributed by atoms with Crippen molar-refractivity contribution in [1.29, 1.82) is 0 Å². The predicted molar refractivity (Wildman–Crippen MR) is 75.2 cm³/mol. The molecular weight excluding hydrogens is 244 g/mol. The summed E-state index contributed by atoms with van der Waals surface area (Å²) in [6.45, 7) is 2.04. The van der Waals surface area contributed by atoms with Crippen LogP contribution in [0.2, 0.25) is 5.02 Å². The van der Waals surface area contributed by atoms with Gasteiger partial charge in [0.05, 0.1) is 0 Å². The van der Waals surface area contributed by atoms with Gasteiger partial charge in [0, 0.05) is 11.1 Å². The molecule has 0 saturated heterocycles. The topological polar surface area (TPSA) is 38.0 Å². The standard InChI is InChI=1S/C15H21ClN2/c1-9-6-7-10(8-13(9)16)15(18-17)14-11-4-2-3-5-12(11)14/h6-8,11-12,14-15,18H,2-5,17H2,1H3. The SMILES string of the molecule is Cc1ccc(C(NN)C2C3CCCCC32)cc1Cl. The van der Waals surface area contributed by atoms with Gasteiger partial charge in [0.25, 0.3) is 0 Å². The molecule has 1 aromatic carbocycles. The van der Waals surface area contributed by atoms with Gasteiger partial charge in [-0.3, -0.25) is 11.3 Å². The highest BCUT2D eigenvalue weighted by atomic mass is 35.5. The van der Waals surface area contributed by atoms with Crippen LogP contribution < -0.4 is 11.3 Å². The Bertz CT molecular complexity index is 434. The summed E-state index contributed by atoms with van der Waals surface area (Å²) in [5, 5.41) is 0.844. The van der Waals surface area contributed by atoms with Gasteiger partial charge < -0.3 is 0 Å². The quantitative estimate of drug-likeness (QED) is 0.647. The van der Waals surface area contributed by atoms with Crippen molar-refractivity contribution in [3.63, 3.8) is 0 Å². The number of nitrogens with two attached hydrogens (primary N) is 1. The number of benzene rings is 1. The number of rotatable bonds is 3. The van der Waals surface area contributed by atoms with E-state index in [1.54, 1.807) is 0 Å². The number of aryl methyl sites for hydroxylation is 1. The molecule has 1 aromatic rings. The molecule has 2 aliphatic rings. The molecule has 0 spiro atoms. The minimum atomic E-state index is 0.274. The number of hydrogen-bond acceptors (Lipinski definition) is 2. The van der Waals surface area contributed by atoms with E-state index in [1.165, 1.54) is 31.2 Å². The van der Waals surface area contributed by atoms with E-state index in [0.29, 0.717) is 0 Å². The fourth-order valence-corrected chi connectivity index (χ4v) is 3.96. The van der Waals surface area contributed by atoms with E-state index in [2.05, 4.69) is 23.6 Å². The third-order valence-corrected chi connectivity index (χ3v) is 5.25. The van der Waals surface area contributed by atoms with Gasteiger partial charge in [0.2, 0.25) is 0 Å². The maximum absolute atomic E-state index is 6.22. The van der Waals surface area contributed by atoms with Gasteiger partial charge in [0.15, 0.2) is 0 Å². The van der Waals surface area contributed by atoms with Crippen molar-refractivity contribution in [2.45, 2.75) is 38.6 Å². The van der Waals surface area contributed by atoms with Gasteiger partial charge >= 0.3 is 0 Å². The highest BCUT2D eigenvalue weighted by Crippen LogP contribution is 2.60. The summed E-state index contributed by atoms with van der Waals surface area (Å²) < 4.78 is 0. The molecule has 98 valence electrons. The van der Waals surface area contributed by atoms with Gasteiger partial charge in [-0.05, 0) is 54.7 Å². The van der Waals surface area contributed by atoms with Crippen LogP contribution in [0, 0.1) is 24.7 Å². The van der Waals surface area contributed by atoms with Crippen molar-refractivity contribution in [1.82, 2.24) is 5.43 Å². The number of halogens is 1. The lowest BCUT2D eigenvalue weighted by molar-refractivity contribution is 0.456. The average molecular weight is 265 g/mol. The Labute approximate surface area is 114 Å². The molecular formula is C15H21ClN2. The van der Waals surface area contributed by atoms with Crippen LogP contribution in [0.5, 0.6) is 0 Å². The normalized spacial score (nSPS) is 31.8. The molecule has 3 unspecified atom stereocenters. The van der Waals surface area contributed by atoms with Crippen LogP contribution in [-0.4, -0.2) is 0 Å². The van der Waals surface area contributed by atoms with Crippen LogP contribution in [0.4, 0.5) is 0 Å². The summed E-state index contributed by atoms with van der Waals surface area (Å²) in [4.78, 5) is 0. The number of hydrazine groups is 1. The van der Waals surface area contributed by atoms with Gasteiger partial charge in [-0.25, -0.2) is 0 Å². The van der Waals surface area contributed by atoms with Crippen molar-refractivity contribution in [2.75, 3.05) is 0 Å². The second-order valence-corrected chi connectivity index (χ2v) is 6.25. The van der Waals surface area contributed by atoms with Crippen LogP contribution in [-0.2, 0) is 0 Å². The number of hydrogen-bond donors (Lipinski definition) is 2. The highest BCUT2D eigenvalue weighted by molar-refractivity contribution is 6.31. The van der Waals surface area contributed by atoms with E-state index in [0.717, 1.165) is 28.3 Å². The zero-order valence-corrected chi connectivity index (χ0v) is 11.6. The molecule has 2 nitrogen and oxygen atoms in total. The Balaban J connectivity index is 1.82. The van der Waals surface area contributed by atoms with Crippen LogP contribution >= 0.6 is 11.6 Å². The molecule has 3 N–H and O–H groups in total. The van der Waals surface area contributed by atoms with Gasteiger partial charge in [-0.1, -0.05) is 36.6 Å². The molecule has 0 aromatic heterocycles. The molecule has 3 atom stereocenters. The Kier molecular flexibility index (Phi) is 3.35. The number of fused-ring (bicyclic) bond motifs is 1. The zero-order valence-electron chi connectivity index (χ0n) is 10.8. The van der Waals surface area contributed by atoms with Crippen molar-refractivity contribution in [3.05, 3.63) is 34.3 Å². The van der Waals surface area contributed by atoms with Gasteiger partial charge in [0.1, 0.15) is 0 Å². The summed E-state index contributed by atoms with van der Waals surface area (Å²) >= 11 is 6.22. The molecule has 0 heterocycles. The third-order valence-electron chi connectivity index (χ3n) is 4.84. The second-order valence-electron chi connectivity index (χ2n) is 5.84. The summed E-state index contributed by atoms with van der Waals surface area (Å²) in [7, 11) is 0. The number of nitrogens with one attached hydrogen (secondary N) is 1.